The van der Waals surface area contributed by atoms with Crippen molar-refractivity contribution in [3.05, 3.63) is 35.4 Å². The molecule has 0 unspecified atom stereocenters. The van der Waals surface area contributed by atoms with Gasteiger partial charge in [0.1, 0.15) is 0 Å². The Morgan fingerprint density at radius 1 is 1.20 bits per heavy atom. The van der Waals surface area contributed by atoms with Crippen molar-refractivity contribution < 1.29 is 4.79 Å². The molecule has 0 saturated heterocycles. The molecular formula is C13H19NO. The third-order valence-corrected chi connectivity index (χ3v) is 2.58. The highest BCUT2D eigenvalue weighted by molar-refractivity contribution is 5.73. The molecule has 2 heteroatoms. The highest BCUT2D eigenvalue weighted by Crippen LogP contribution is 2.17. The molecule has 0 radical (unpaired) electrons. The fourth-order valence-electron chi connectivity index (χ4n) is 1.76. The number of hydrogen-bond donors (Lipinski definition) is 0. The van der Waals surface area contributed by atoms with Crippen LogP contribution in [0.2, 0.25) is 0 Å². The van der Waals surface area contributed by atoms with Gasteiger partial charge in [0.05, 0.1) is 0 Å². The summed E-state index contributed by atoms with van der Waals surface area (Å²) in [4.78, 5) is 13.0. The van der Waals surface area contributed by atoms with Crippen LogP contribution in [-0.4, -0.2) is 17.4 Å². The van der Waals surface area contributed by atoms with Crippen molar-refractivity contribution in [1.82, 2.24) is 4.90 Å². The first kappa shape index (κ1) is 11.8. The smallest absolute Gasteiger partial charge is 0.219 e. The standard InChI is InChI=1S/C11H13NO.C2H6/c1-9(13)12-7-6-10-4-2-3-5-11(10)8-12;1-2/h2-5H,6-8H2,1H3;1-2H3. The van der Waals surface area contributed by atoms with E-state index in [0.717, 1.165) is 19.5 Å². The fraction of sp³-hybridized carbons (Fsp3) is 0.462. The largest absolute Gasteiger partial charge is 0.338 e. The summed E-state index contributed by atoms with van der Waals surface area (Å²) in [6.07, 6.45) is 0.996. The molecule has 0 atom stereocenters. The summed E-state index contributed by atoms with van der Waals surface area (Å²) < 4.78 is 0. The first-order valence-corrected chi connectivity index (χ1v) is 5.59. The van der Waals surface area contributed by atoms with Crippen LogP contribution >= 0.6 is 0 Å². The summed E-state index contributed by atoms with van der Waals surface area (Å²) in [7, 11) is 0. The van der Waals surface area contributed by atoms with Gasteiger partial charge in [-0.2, -0.15) is 0 Å². The lowest BCUT2D eigenvalue weighted by Gasteiger charge is -2.27. The number of rotatable bonds is 0. The molecule has 1 amide bonds. The minimum atomic E-state index is 0.175. The average Bonchev–Trinajstić information content (AvgIpc) is 2.31. The van der Waals surface area contributed by atoms with Gasteiger partial charge in [0, 0.05) is 20.0 Å². The number of carbonyl (C=O) groups is 1. The van der Waals surface area contributed by atoms with Gasteiger partial charge in [0.2, 0.25) is 5.91 Å². The number of amides is 1. The summed E-state index contributed by atoms with van der Waals surface area (Å²) in [6, 6.07) is 8.34. The van der Waals surface area contributed by atoms with Crippen LogP contribution < -0.4 is 0 Å². The number of hydrogen-bond acceptors (Lipinski definition) is 1. The van der Waals surface area contributed by atoms with Gasteiger partial charge >= 0.3 is 0 Å². The molecule has 0 aliphatic carbocycles. The highest BCUT2D eigenvalue weighted by atomic mass is 16.2. The molecule has 1 aromatic carbocycles. The molecule has 2 rings (SSSR count). The van der Waals surface area contributed by atoms with Crippen LogP contribution in [0.1, 0.15) is 31.9 Å². The predicted octanol–water partition coefficient (Wildman–Crippen LogP) is 2.62. The molecule has 15 heavy (non-hydrogen) atoms. The number of carbonyl (C=O) groups excluding carboxylic acids is 1. The Bertz CT molecular complexity index is 333. The predicted molar refractivity (Wildman–Crippen MR) is 62.6 cm³/mol. The van der Waals surface area contributed by atoms with E-state index in [2.05, 4.69) is 18.2 Å². The first-order valence-electron chi connectivity index (χ1n) is 5.59. The molecule has 0 bridgehead atoms. The third-order valence-electron chi connectivity index (χ3n) is 2.58. The van der Waals surface area contributed by atoms with E-state index in [1.54, 1.807) is 6.92 Å². The minimum absolute atomic E-state index is 0.175. The lowest BCUT2D eigenvalue weighted by molar-refractivity contribution is -0.129. The Labute approximate surface area is 91.9 Å². The lowest BCUT2D eigenvalue weighted by atomic mass is 10.00. The first-order chi connectivity index (χ1) is 7.27. The molecule has 0 aromatic heterocycles. The van der Waals surface area contributed by atoms with Crippen molar-refractivity contribution in [2.24, 2.45) is 0 Å². The van der Waals surface area contributed by atoms with Crippen LogP contribution in [0.25, 0.3) is 0 Å². The van der Waals surface area contributed by atoms with Gasteiger partial charge < -0.3 is 4.90 Å². The zero-order valence-corrected chi connectivity index (χ0v) is 9.79. The Morgan fingerprint density at radius 2 is 1.80 bits per heavy atom. The van der Waals surface area contributed by atoms with Gasteiger partial charge in [-0.1, -0.05) is 38.1 Å². The van der Waals surface area contributed by atoms with Gasteiger partial charge in [-0.05, 0) is 17.5 Å². The average molecular weight is 205 g/mol. The van der Waals surface area contributed by atoms with Crippen molar-refractivity contribution in [3.8, 4) is 0 Å². The second-order valence-electron chi connectivity index (χ2n) is 3.46. The minimum Gasteiger partial charge on any atom is -0.338 e. The quantitative estimate of drug-likeness (QED) is 0.637. The van der Waals surface area contributed by atoms with Gasteiger partial charge in [-0.15, -0.1) is 0 Å². The molecule has 0 saturated carbocycles. The van der Waals surface area contributed by atoms with Crippen molar-refractivity contribution in [1.29, 1.82) is 0 Å². The maximum absolute atomic E-state index is 11.1. The Morgan fingerprint density at radius 3 is 2.40 bits per heavy atom. The molecular weight excluding hydrogens is 186 g/mol. The molecule has 1 aliphatic rings. The van der Waals surface area contributed by atoms with E-state index in [0.29, 0.717) is 0 Å². The molecule has 1 heterocycles. The summed E-state index contributed by atoms with van der Waals surface area (Å²) >= 11 is 0. The number of nitrogens with zero attached hydrogens (tertiary/aromatic N) is 1. The van der Waals surface area contributed by atoms with E-state index < -0.39 is 0 Å². The van der Waals surface area contributed by atoms with Crippen molar-refractivity contribution in [3.63, 3.8) is 0 Å². The van der Waals surface area contributed by atoms with Crippen molar-refractivity contribution in [2.45, 2.75) is 33.7 Å². The summed E-state index contributed by atoms with van der Waals surface area (Å²) in [5, 5.41) is 0. The topological polar surface area (TPSA) is 20.3 Å². The van der Waals surface area contributed by atoms with Crippen molar-refractivity contribution >= 4 is 5.91 Å². The van der Waals surface area contributed by atoms with E-state index in [-0.39, 0.29) is 5.91 Å². The Balaban J connectivity index is 0.000000531. The van der Waals surface area contributed by atoms with Gasteiger partial charge in [-0.3, -0.25) is 4.79 Å². The van der Waals surface area contributed by atoms with Crippen molar-refractivity contribution in [2.75, 3.05) is 6.54 Å². The highest BCUT2D eigenvalue weighted by Gasteiger charge is 2.16. The van der Waals surface area contributed by atoms with Crippen LogP contribution in [0, 0.1) is 0 Å². The van der Waals surface area contributed by atoms with E-state index in [1.165, 1.54) is 11.1 Å². The zero-order valence-electron chi connectivity index (χ0n) is 9.79. The molecule has 82 valence electrons. The molecule has 1 aliphatic heterocycles. The van der Waals surface area contributed by atoms with Crippen LogP contribution in [0.3, 0.4) is 0 Å². The summed E-state index contributed by atoms with van der Waals surface area (Å²) in [5.41, 5.74) is 2.68. The second-order valence-corrected chi connectivity index (χ2v) is 3.46. The molecule has 2 nitrogen and oxygen atoms in total. The molecule has 0 N–H and O–H groups in total. The van der Waals surface area contributed by atoms with E-state index in [4.69, 9.17) is 0 Å². The normalized spacial score (nSPS) is 13.7. The molecule has 1 aromatic rings. The van der Waals surface area contributed by atoms with Crippen LogP contribution in [0.4, 0.5) is 0 Å². The second kappa shape index (κ2) is 5.54. The zero-order chi connectivity index (χ0) is 11.3. The third kappa shape index (κ3) is 2.82. The van der Waals surface area contributed by atoms with E-state index >= 15 is 0 Å². The monoisotopic (exact) mass is 205 g/mol. The summed E-state index contributed by atoms with van der Waals surface area (Å²) in [5.74, 6) is 0.175. The lowest BCUT2D eigenvalue weighted by Crippen LogP contribution is -2.34. The Hall–Kier alpha value is -1.31. The summed E-state index contributed by atoms with van der Waals surface area (Å²) in [6.45, 7) is 7.28. The van der Waals surface area contributed by atoms with Gasteiger partial charge in [-0.25, -0.2) is 0 Å². The molecule has 0 fully saturated rings. The van der Waals surface area contributed by atoms with Gasteiger partial charge in [0.15, 0.2) is 0 Å². The van der Waals surface area contributed by atoms with E-state index in [9.17, 15) is 4.79 Å². The SMILES string of the molecule is CC.CC(=O)N1CCc2ccccc2C1. The van der Waals surface area contributed by atoms with Gasteiger partial charge in [0.25, 0.3) is 0 Å². The number of fused-ring (bicyclic) bond motifs is 1. The van der Waals surface area contributed by atoms with Crippen LogP contribution in [-0.2, 0) is 17.8 Å². The molecule has 0 spiro atoms. The Kier molecular flexibility index (Phi) is 4.35. The number of benzene rings is 1. The van der Waals surface area contributed by atoms with Crippen LogP contribution in [0.15, 0.2) is 24.3 Å². The maximum atomic E-state index is 11.1. The fourth-order valence-corrected chi connectivity index (χ4v) is 1.76. The van der Waals surface area contributed by atoms with Crippen LogP contribution in [0.5, 0.6) is 0 Å². The van der Waals surface area contributed by atoms with E-state index in [1.807, 2.05) is 24.8 Å². The maximum Gasteiger partial charge on any atom is 0.219 e.